The van der Waals surface area contributed by atoms with Gasteiger partial charge >= 0.3 is 5.97 Å². The van der Waals surface area contributed by atoms with Crippen LogP contribution in [0.1, 0.15) is 18.9 Å². The van der Waals surface area contributed by atoms with Gasteiger partial charge in [0, 0.05) is 6.42 Å². The van der Waals surface area contributed by atoms with E-state index in [1.54, 1.807) is 13.0 Å². The molecule has 1 rings (SSSR count). The average molecular weight is 233 g/mol. The number of rotatable bonds is 5. The first-order valence-corrected chi connectivity index (χ1v) is 5.47. The molecular formula is C13H15NO3. The number of nitrogens with zero attached hydrogens (tertiary/aromatic N) is 1. The maximum atomic E-state index is 11.4. The molecule has 0 aliphatic carbocycles. The Labute approximate surface area is 100 Å². The monoisotopic (exact) mass is 233 g/mol. The Morgan fingerprint density at radius 3 is 2.65 bits per heavy atom. The largest absolute Gasteiger partial charge is 0.463 e. The first-order valence-electron chi connectivity index (χ1n) is 5.47. The molecule has 0 aliphatic heterocycles. The quantitative estimate of drug-likeness (QED) is 0.617. The van der Waals surface area contributed by atoms with Crippen LogP contribution in [0.25, 0.3) is 0 Å². The second-order valence-electron chi connectivity index (χ2n) is 3.68. The summed E-state index contributed by atoms with van der Waals surface area (Å²) in [6, 6.07) is 11.0. The highest BCUT2D eigenvalue weighted by Crippen LogP contribution is 2.15. The van der Waals surface area contributed by atoms with Crippen molar-refractivity contribution in [2.45, 2.75) is 25.4 Å². The molecule has 0 radical (unpaired) electrons. The molecule has 0 heterocycles. The molecule has 0 saturated heterocycles. The van der Waals surface area contributed by atoms with Gasteiger partial charge in [0.1, 0.15) is 6.07 Å². The summed E-state index contributed by atoms with van der Waals surface area (Å²) in [4.78, 5) is 11.4. The van der Waals surface area contributed by atoms with E-state index in [0.29, 0.717) is 6.42 Å². The topological polar surface area (TPSA) is 70.3 Å². The van der Waals surface area contributed by atoms with Crippen molar-refractivity contribution < 1.29 is 14.6 Å². The molecule has 1 N–H and O–H groups in total. The molecule has 0 aromatic heterocycles. The molecular weight excluding hydrogens is 218 g/mol. The van der Waals surface area contributed by atoms with E-state index >= 15 is 0 Å². The van der Waals surface area contributed by atoms with Crippen LogP contribution >= 0.6 is 0 Å². The fraction of sp³-hybridized carbons (Fsp3) is 0.385. The highest BCUT2D eigenvalue weighted by Gasteiger charge is 2.37. The van der Waals surface area contributed by atoms with Crippen LogP contribution in [0.5, 0.6) is 0 Å². The maximum Gasteiger partial charge on any atom is 0.353 e. The summed E-state index contributed by atoms with van der Waals surface area (Å²) in [5.41, 5.74) is -1.09. The van der Waals surface area contributed by atoms with Gasteiger partial charge in [0.25, 0.3) is 0 Å². The van der Waals surface area contributed by atoms with Crippen molar-refractivity contribution in [2.24, 2.45) is 0 Å². The molecule has 1 atom stereocenters. The molecule has 0 aliphatic rings. The van der Waals surface area contributed by atoms with Gasteiger partial charge in [-0.3, -0.25) is 0 Å². The zero-order valence-corrected chi connectivity index (χ0v) is 9.72. The number of hydrogen-bond donors (Lipinski definition) is 1. The lowest BCUT2D eigenvalue weighted by atomic mass is 9.96. The fourth-order valence-electron chi connectivity index (χ4n) is 1.42. The number of aryl methyl sites for hydroxylation is 1. The standard InChI is InChI=1S/C13H15NO3/c1-2-17-12(15)13(16,10-14)9-8-11-6-4-3-5-7-11/h3-7,16H,2,8-9H2,1H3/t13-/m1/s1. The summed E-state index contributed by atoms with van der Waals surface area (Å²) in [5.74, 6) is -0.876. The van der Waals surface area contributed by atoms with Crippen molar-refractivity contribution >= 4 is 5.97 Å². The van der Waals surface area contributed by atoms with E-state index in [2.05, 4.69) is 4.74 Å². The van der Waals surface area contributed by atoms with Crippen molar-refractivity contribution in [1.82, 2.24) is 0 Å². The minimum absolute atomic E-state index is 0.0341. The van der Waals surface area contributed by atoms with Crippen molar-refractivity contribution in [3.8, 4) is 6.07 Å². The van der Waals surface area contributed by atoms with Crippen molar-refractivity contribution in [3.63, 3.8) is 0 Å². The number of hydrogen-bond acceptors (Lipinski definition) is 4. The van der Waals surface area contributed by atoms with Gasteiger partial charge in [0.05, 0.1) is 6.61 Å². The lowest BCUT2D eigenvalue weighted by Crippen LogP contribution is -2.39. The molecule has 4 heteroatoms. The van der Waals surface area contributed by atoms with Gasteiger partial charge in [-0.05, 0) is 18.9 Å². The maximum absolute atomic E-state index is 11.4. The number of carbonyl (C=O) groups excluding carboxylic acids is 1. The van der Waals surface area contributed by atoms with Crippen LogP contribution in [-0.2, 0) is 16.0 Å². The van der Waals surface area contributed by atoms with Gasteiger partial charge < -0.3 is 9.84 Å². The minimum Gasteiger partial charge on any atom is -0.463 e. The van der Waals surface area contributed by atoms with Gasteiger partial charge in [-0.15, -0.1) is 0 Å². The number of benzene rings is 1. The van der Waals surface area contributed by atoms with Crippen LogP contribution in [-0.4, -0.2) is 23.3 Å². The Hall–Kier alpha value is -1.86. The molecule has 90 valence electrons. The number of ether oxygens (including phenoxy) is 1. The molecule has 0 amide bonds. The van der Waals surface area contributed by atoms with E-state index in [9.17, 15) is 9.90 Å². The van der Waals surface area contributed by atoms with Gasteiger partial charge in [0.2, 0.25) is 5.60 Å². The summed E-state index contributed by atoms with van der Waals surface area (Å²) < 4.78 is 4.67. The summed E-state index contributed by atoms with van der Waals surface area (Å²) >= 11 is 0. The number of carbonyl (C=O) groups is 1. The SMILES string of the molecule is CCOC(=O)[C@](O)(C#N)CCc1ccccc1. The first kappa shape index (κ1) is 13.2. The second-order valence-corrected chi connectivity index (χ2v) is 3.68. The van der Waals surface area contributed by atoms with Crippen LogP contribution in [0.15, 0.2) is 30.3 Å². The third kappa shape index (κ3) is 3.58. The third-order valence-corrected chi connectivity index (χ3v) is 2.42. The normalized spacial score (nSPS) is 13.5. The van der Waals surface area contributed by atoms with Crippen molar-refractivity contribution in [3.05, 3.63) is 35.9 Å². The average Bonchev–Trinajstić information content (AvgIpc) is 2.37. The van der Waals surface area contributed by atoms with Gasteiger partial charge in [0.15, 0.2) is 0 Å². The van der Waals surface area contributed by atoms with E-state index in [4.69, 9.17) is 5.26 Å². The Morgan fingerprint density at radius 1 is 1.47 bits per heavy atom. The highest BCUT2D eigenvalue weighted by atomic mass is 16.5. The second kappa shape index (κ2) is 6.02. The molecule has 0 unspecified atom stereocenters. The molecule has 1 aromatic carbocycles. The lowest BCUT2D eigenvalue weighted by molar-refractivity contribution is -0.159. The fourth-order valence-corrected chi connectivity index (χ4v) is 1.42. The Balaban J connectivity index is 2.65. The number of nitriles is 1. The first-order chi connectivity index (χ1) is 8.12. The molecule has 0 saturated carbocycles. The molecule has 17 heavy (non-hydrogen) atoms. The van der Waals surface area contributed by atoms with Gasteiger partial charge in [-0.25, -0.2) is 4.79 Å². The van der Waals surface area contributed by atoms with E-state index in [1.165, 1.54) is 0 Å². The zero-order chi connectivity index (χ0) is 12.7. The molecule has 0 spiro atoms. The van der Waals surface area contributed by atoms with Crippen LogP contribution < -0.4 is 0 Å². The summed E-state index contributed by atoms with van der Waals surface area (Å²) in [5, 5.41) is 18.7. The van der Waals surface area contributed by atoms with Crippen LogP contribution in [0.4, 0.5) is 0 Å². The van der Waals surface area contributed by atoms with E-state index < -0.39 is 11.6 Å². The Bertz CT molecular complexity index is 410. The van der Waals surface area contributed by atoms with E-state index in [-0.39, 0.29) is 13.0 Å². The predicted octanol–water partition coefficient (Wildman–Crippen LogP) is 1.44. The zero-order valence-electron chi connectivity index (χ0n) is 9.72. The Kier molecular flexibility index (Phi) is 4.68. The van der Waals surface area contributed by atoms with Crippen molar-refractivity contribution in [1.29, 1.82) is 5.26 Å². The van der Waals surface area contributed by atoms with Crippen LogP contribution in [0.2, 0.25) is 0 Å². The van der Waals surface area contributed by atoms with Crippen molar-refractivity contribution in [2.75, 3.05) is 6.61 Å². The Morgan fingerprint density at radius 2 is 2.12 bits per heavy atom. The number of esters is 1. The lowest BCUT2D eigenvalue weighted by Gasteiger charge is -2.17. The van der Waals surface area contributed by atoms with Gasteiger partial charge in [-0.1, -0.05) is 30.3 Å². The van der Waals surface area contributed by atoms with Crippen LogP contribution in [0, 0.1) is 11.3 Å². The molecule has 4 nitrogen and oxygen atoms in total. The highest BCUT2D eigenvalue weighted by molar-refractivity contribution is 5.82. The summed E-state index contributed by atoms with van der Waals surface area (Å²) in [6.45, 7) is 1.78. The summed E-state index contributed by atoms with van der Waals surface area (Å²) in [7, 11) is 0. The van der Waals surface area contributed by atoms with E-state index in [1.807, 2.05) is 30.3 Å². The predicted molar refractivity (Wildman–Crippen MR) is 62.0 cm³/mol. The number of aliphatic hydroxyl groups is 1. The smallest absolute Gasteiger partial charge is 0.353 e. The third-order valence-electron chi connectivity index (χ3n) is 2.42. The minimum atomic E-state index is -2.05. The molecule has 0 bridgehead atoms. The molecule has 1 aromatic rings. The van der Waals surface area contributed by atoms with E-state index in [0.717, 1.165) is 5.56 Å². The molecule has 0 fully saturated rings. The van der Waals surface area contributed by atoms with Crippen LogP contribution in [0.3, 0.4) is 0 Å². The summed E-state index contributed by atoms with van der Waals surface area (Å²) in [6.07, 6.45) is 0.482. The van der Waals surface area contributed by atoms with Gasteiger partial charge in [-0.2, -0.15) is 5.26 Å².